The van der Waals surface area contributed by atoms with E-state index in [1.807, 2.05) is 0 Å². The van der Waals surface area contributed by atoms with Gasteiger partial charge in [-0.25, -0.2) is 0 Å². The number of carbonyl (C=O) groups is 3. The molecule has 0 aliphatic carbocycles. The Labute approximate surface area is 142 Å². The molecule has 0 aromatic heterocycles. The van der Waals surface area contributed by atoms with Crippen LogP contribution < -0.4 is 10.6 Å². The molecule has 2 amide bonds. The maximum Gasteiger partial charge on any atom is 0.246 e. The van der Waals surface area contributed by atoms with Gasteiger partial charge in [-0.15, -0.1) is 0 Å². The minimum atomic E-state index is -0.763. The van der Waals surface area contributed by atoms with E-state index in [0.717, 1.165) is 0 Å². The summed E-state index contributed by atoms with van der Waals surface area (Å²) in [6.07, 6.45) is 0. The lowest BCUT2D eigenvalue weighted by molar-refractivity contribution is -0.134. The van der Waals surface area contributed by atoms with Crippen molar-refractivity contribution in [2.75, 3.05) is 19.8 Å². The van der Waals surface area contributed by atoms with Gasteiger partial charge in [0.15, 0.2) is 5.78 Å². The van der Waals surface area contributed by atoms with Gasteiger partial charge < -0.3 is 15.4 Å². The summed E-state index contributed by atoms with van der Waals surface area (Å²) in [5.74, 6) is -1.27. The molecule has 0 aliphatic rings. The van der Waals surface area contributed by atoms with Crippen LogP contribution in [0.15, 0.2) is 5.11 Å². The van der Waals surface area contributed by atoms with E-state index in [1.165, 1.54) is 0 Å². The molecule has 0 fully saturated rings. The minimum absolute atomic E-state index is 0.0708. The number of nitrogens with one attached hydrogen (secondary N) is 2. The average molecular weight is 341 g/mol. The van der Waals surface area contributed by atoms with Crippen LogP contribution in [-0.4, -0.2) is 49.4 Å². The van der Waals surface area contributed by atoms with Crippen LogP contribution in [0.4, 0.5) is 0 Å². The molecule has 0 aliphatic heterocycles. The van der Waals surface area contributed by atoms with Crippen molar-refractivity contribution in [3.05, 3.63) is 10.4 Å². The van der Waals surface area contributed by atoms with Crippen molar-refractivity contribution in [2.45, 2.75) is 46.7 Å². The molecule has 0 saturated carbocycles. The Morgan fingerprint density at radius 1 is 1.12 bits per heavy atom. The quantitative estimate of drug-likeness (QED) is 0.252. The first-order chi connectivity index (χ1) is 11.2. The molecule has 0 unspecified atom stereocenters. The summed E-state index contributed by atoms with van der Waals surface area (Å²) in [6.45, 7) is 8.75. The maximum atomic E-state index is 12.3. The first kappa shape index (κ1) is 21.9. The number of azide groups is 1. The third kappa shape index (κ3) is 8.50. The third-order valence-corrected chi connectivity index (χ3v) is 3.25. The molecule has 0 spiro atoms. The monoisotopic (exact) mass is 341 g/mol. The Kier molecular flexibility index (Phi) is 10.4. The Morgan fingerprint density at radius 2 is 1.75 bits per heavy atom. The highest BCUT2D eigenvalue weighted by atomic mass is 16.5. The number of amides is 2. The van der Waals surface area contributed by atoms with Gasteiger partial charge in [-0.05, 0) is 18.4 Å². The molecule has 2 N–H and O–H groups in total. The number of carbonyl (C=O) groups excluding carboxylic acids is 3. The number of rotatable bonds is 11. The minimum Gasteiger partial charge on any atom is -0.372 e. The van der Waals surface area contributed by atoms with Gasteiger partial charge in [0.1, 0.15) is 12.6 Å². The lowest BCUT2D eigenvalue weighted by Crippen LogP contribution is -2.54. The number of hydrogen-bond acceptors (Lipinski definition) is 5. The SMILES string of the molecule is CC(C)C(=O)[C@H](C)NC(=O)[C@@H](NC(=O)COCCN=[N+]=[N-])C(C)C. The highest BCUT2D eigenvalue weighted by Crippen LogP contribution is 2.05. The number of ketones is 1. The predicted molar refractivity (Wildman–Crippen MR) is 89.1 cm³/mol. The molecule has 0 heterocycles. The van der Waals surface area contributed by atoms with Gasteiger partial charge in [0, 0.05) is 17.4 Å². The molecule has 0 aromatic rings. The second-order valence-corrected chi connectivity index (χ2v) is 6.08. The maximum absolute atomic E-state index is 12.3. The smallest absolute Gasteiger partial charge is 0.246 e. The average Bonchev–Trinajstić information content (AvgIpc) is 2.50. The van der Waals surface area contributed by atoms with E-state index in [0.29, 0.717) is 0 Å². The van der Waals surface area contributed by atoms with Crippen LogP contribution in [0.2, 0.25) is 0 Å². The zero-order chi connectivity index (χ0) is 18.7. The van der Waals surface area contributed by atoms with E-state index in [2.05, 4.69) is 20.7 Å². The predicted octanol–water partition coefficient (Wildman–Crippen LogP) is 1.18. The summed E-state index contributed by atoms with van der Waals surface area (Å²) in [7, 11) is 0. The normalized spacial score (nSPS) is 13.1. The van der Waals surface area contributed by atoms with Crippen LogP contribution in [0.25, 0.3) is 10.4 Å². The number of hydrogen-bond donors (Lipinski definition) is 2. The second kappa shape index (κ2) is 11.4. The highest BCUT2D eigenvalue weighted by Gasteiger charge is 2.27. The Balaban J connectivity index is 4.52. The van der Waals surface area contributed by atoms with Crippen LogP contribution >= 0.6 is 0 Å². The summed E-state index contributed by atoms with van der Waals surface area (Å²) < 4.78 is 5.05. The zero-order valence-electron chi connectivity index (χ0n) is 14.9. The Bertz CT molecular complexity index is 486. The lowest BCUT2D eigenvalue weighted by Gasteiger charge is -2.24. The molecular weight excluding hydrogens is 314 g/mol. The van der Waals surface area contributed by atoms with E-state index in [4.69, 9.17) is 10.3 Å². The topological polar surface area (TPSA) is 133 Å². The van der Waals surface area contributed by atoms with Crippen molar-refractivity contribution in [1.82, 2.24) is 10.6 Å². The van der Waals surface area contributed by atoms with Crippen molar-refractivity contribution < 1.29 is 19.1 Å². The van der Waals surface area contributed by atoms with Crippen LogP contribution in [0, 0.1) is 11.8 Å². The van der Waals surface area contributed by atoms with Crippen LogP contribution in [-0.2, 0) is 19.1 Å². The summed E-state index contributed by atoms with van der Waals surface area (Å²) in [5, 5.41) is 8.50. The van der Waals surface area contributed by atoms with Crippen molar-refractivity contribution in [3.63, 3.8) is 0 Å². The molecule has 9 nitrogen and oxygen atoms in total. The Morgan fingerprint density at radius 3 is 2.25 bits per heavy atom. The van der Waals surface area contributed by atoms with Crippen LogP contribution in [0.1, 0.15) is 34.6 Å². The molecular formula is C15H27N5O4. The first-order valence-corrected chi connectivity index (χ1v) is 7.92. The van der Waals surface area contributed by atoms with E-state index in [1.54, 1.807) is 34.6 Å². The number of Topliss-reactive ketones (excluding diaryl/α,β-unsaturated/α-hetero) is 1. The first-order valence-electron chi connectivity index (χ1n) is 7.92. The molecule has 0 saturated heterocycles. The van der Waals surface area contributed by atoms with E-state index >= 15 is 0 Å². The van der Waals surface area contributed by atoms with Gasteiger partial charge in [0.25, 0.3) is 0 Å². The van der Waals surface area contributed by atoms with E-state index < -0.39 is 23.9 Å². The number of nitrogens with zero attached hydrogens (tertiary/aromatic N) is 3. The summed E-state index contributed by atoms with van der Waals surface area (Å²) in [6, 6.07) is -1.38. The standard InChI is InChI=1S/C15H27N5O4/c1-9(2)13(15(23)18-11(5)14(22)10(3)4)19-12(21)8-24-7-6-17-20-16/h9-11,13H,6-8H2,1-5H3,(H,18,23)(H,19,21)/t11-,13-/m0/s1. The van der Waals surface area contributed by atoms with E-state index in [-0.39, 0.29) is 37.4 Å². The fraction of sp³-hybridized carbons (Fsp3) is 0.800. The van der Waals surface area contributed by atoms with Crippen molar-refractivity contribution in [3.8, 4) is 0 Å². The fourth-order valence-corrected chi connectivity index (χ4v) is 1.94. The summed E-state index contributed by atoms with van der Waals surface area (Å²) >= 11 is 0. The van der Waals surface area contributed by atoms with Gasteiger partial charge in [0.2, 0.25) is 11.8 Å². The highest BCUT2D eigenvalue weighted by molar-refractivity contribution is 5.93. The second-order valence-electron chi connectivity index (χ2n) is 6.08. The van der Waals surface area contributed by atoms with Crippen LogP contribution in [0.3, 0.4) is 0 Å². The largest absolute Gasteiger partial charge is 0.372 e. The Hall–Kier alpha value is -2.12. The van der Waals surface area contributed by atoms with Crippen molar-refractivity contribution in [1.29, 1.82) is 0 Å². The van der Waals surface area contributed by atoms with Crippen LogP contribution in [0.5, 0.6) is 0 Å². The molecule has 9 heteroatoms. The molecule has 0 radical (unpaired) electrons. The van der Waals surface area contributed by atoms with Gasteiger partial charge in [-0.3, -0.25) is 14.4 Å². The molecule has 24 heavy (non-hydrogen) atoms. The molecule has 0 aromatic carbocycles. The number of ether oxygens (including phenoxy) is 1. The third-order valence-electron chi connectivity index (χ3n) is 3.25. The van der Waals surface area contributed by atoms with E-state index in [9.17, 15) is 14.4 Å². The molecule has 136 valence electrons. The van der Waals surface area contributed by atoms with Gasteiger partial charge in [0.05, 0.1) is 12.6 Å². The summed E-state index contributed by atoms with van der Waals surface area (Å²) in [5.41, 5.74) is 8.12. The van der Waals surface area contributed by atoms with Gasteiger partial charge in [-0.1, -0.05) is 32.8 Å². The summed E-state index contributed by atoms with van der Waals surface area (Å²) in [4.78, 5) is 38.6. The van der Waals surface area contributed by atoms with Gasteiger partial charge >= 0.3 is 0 Å². The molecule has 0 bridgehead atoms. The molecule has 0 rings (SSSR count). The fourth-order valence-electron chi connectivity index (χ4n) is 1.94. The lowest BCUT2D eigenvalue weighted by atomic mass is 10.0. The van der Waals surface area contributed by atoms with Crippen molar-refractivity contribution >= 4 is 17.6 Å². The zero-order valence-corrected chi connectivity index (χ0v) is 14.9. The molecule has 2 atom stereocenters. The van der Waals surface area contributed by atoms with Crippen molar-refractivity contribution in [2.24, 2.45) is 17.0 Å². The van der Waals surface area contributed by atoms with Gasteiger partial charge in [-0.2, -0.15) is 0 Å².